The summed E-state index contributed by atoms with van der Waals surface area (Å²) in [5.41, 5.74) is 0. The van der Waals surface area contributed by atoms with E-state index in [9.17, 15) is 5.11 Å². The highest BCUT2D eigenvalue weighted by molar-refractivity contribution is 4.91. The first-order valence-corrected chi connectivity index (χ1v) is 6.47. The monoisotopic (exact) mass is 212 g/mol. The Morgan fingerprint density at radius 1 is 1.20 bits per heavy atom. The van der Waals surface area contributed by atoms with Gasteiger partial charge in [-0.1, -0.05) is 26.2 Å². The summed E-state index contributed by atoms with van der Waals surface area (Å²) in [5.74, 6) is 0. The Balaban J connectivity index is 1.95. The van der Waals surface area contributed by atoms with E-state index < -0.39 is 0 Å². The SMILES string of the molecule is CCN(C1CCCCC1)[C@@H]1CNC[C@H]1O. The topological polar surface area (TPSA) is 35.5 Å². The van der Waals surface area contributed by atoms with Crippen molar-refractivity contribution in [1.82, 2.24) is 10.2 Å². The van der Waals surface area contributed by atoms with Crippen LogP contribution >= 0.6 is 0 Å². The highest BCUT2D eigenvalue weighted by atomic mass is 16.3. The van der Waals surface area contributed by atoms with Crippen molar-refractivity contribution in [2.45, 2.75) is 57.2 Å². The van der Waals surface area contributed by atoms with Crippen molar-refractivity contribution in [1.29, 1.82) is 0 Å². The van der Waals surface area contributed by atoms with Gasteiger partial charge in [0.15, 0.2) is 0 Å². The number of aliphatic hydroxyl groups is 1. The molecule has 88 valence electrons. The van der Waals surface area contributed by atoms with Crippen LogP contribution in [0.2, 0.25) is 0 Å². The predicted molar refractivity (Wildman–Crippen MR) is 61.9 cm³/mol. The van der Waals surface area contributed by atoms with Crippen molar-refractivity contribution >= 4 is 0 Å². The molecular formula is C12H24N2O. The van der Waals surface area contributed by atoms with Crippen LogP contribution in [-0.4, -0.2) is 47.8 Å². The zero-order valence-electron chi connectivity index (χ0n) is 9.78. The molecule has 0 radical (unpaired) electrons. The maximum Gasteiger partial charge on any atom is 0.0831 e. The Hall–Kier alpha value is -0.120. The molecule has 0 aromatic carbocycles. The number of β-amino-alcohol motifs (C(OH)–C–C–N with tert-alkyl or cyclic N) is 1. The second kappa shape index (κ2) is 5.28. The van der Waals surface area contributed by atoms with Crippen molar-refractivity contribution < 1.29 is 5.11 Å². The Kier molecular flexibility index (Phi) is 4.00. The minimum absolute atomic E-state index is 0.160. The lowest BCUT2D eigenvalue weighted by Gasteiger charge is -2.38. The van der Waals surface area contributed by atoms with Crippen molar-refractivity contribution in [2.75, 3.05) is 19.6 Å². The molecule has 2 fully saturated rings. The number of likely N-dealkylation sites (N-methyl/N-ethyl adjacent to an activating group) is 1. The molecule has 0 unspecified atom stereocenters. The van der Waals surface area contributed by atoms with Gasteiger partial charge in [-0.3, -0.25) is 4.90 Å². The van der Waals surface area contributed by atoms with E-state index in [1.54, 1.807) is 0 Å². The van der Waals surface area contributed by atoms with Gasteiger partial charge in [0, 0.05) is 25.2 Å². The van der Waals surface area contributed by atoms with Gasteiger partial charge in [-0.05, 0) is 19.4 Å². The van der Waals surface area contributed by atoms with Crippen molar-refractivity contribution in [3.05, 3.63) is 0 Å². The molecule has 2 N–H and O–H groups in total. The summed E-state index contributed by atoms with van der Waals surface area (Å²) in [6.07, 6.45) is 6.65. The molecule has 1 aliphatic carbocycles. The second-order valence-corrected chi connectivity index (χ2v) is 4.92. The van der Waals surface area contributed by atoms with Crippen molar-refractivity contribution in [3.8, 4) is 0 Å². The highest BCUT2D eigenvalue weighted by Gasteiger charge is 2.33. The summed E-state index contributed by atoms with van der Waals surface area (Å²) in [7, 11) is 0. The van der Waals surface area contributed by atoms with Gasteiger partial charge in [0.1, 0.15) is 0 Å². The molecule has 2 aliphatic rings. The average molecular weight is 212 g/mol. The molecule has 2 atom stereocenters. The van der Waals surface area contributed by atoms with Gasteiger partial charge in [0.2, 0.25) is 0 Å². The van der Waals surface area contributed by atoms with Gasteiger partial charge in [-0.25, -0.2) is 0 Å². The maximum absolute atomic E-state index is 9.92. The zero-order chi connectivity index (χ0) is 10.7. The summed E-state index contributed by atoms with van der Waals surface area (Å²) in [6.45, 7) is 5.03. The molecule has 1 aliphatic heterocycles. The zero-order valence-corrected chi connectivity index (χ0v) is 9.78. The standard InChI is InChI=1S/C12H24N2O/c1-2-14(10-6-4-3-5-7-10)11-8-13-9-12(11)15/h10-13,15H,2-9H2,1H3/t11-,12-/m1/s1. The molecule has 0 amide bonds. The van der Waals surface area contributed by atoms with Gasteiger partial charge in [-0.2, -0.15) is 0 Å². The number of aliphatic hydroxyl groups excluding tert-OH is 1. The van der Waals surface area contributed by atoms with Crippen LogP contribution in [-0.2, 0) is 0 Å². The normalized spacial score (nSPS) is 33.8. The first-order valence-electron chi connectivity index (χ1n) is 6.47. The average Bonchev–Trinajstić information content (AvgIpc) is 2.68. The molecule has 1 saturated heterocycles. The summed E-state index contributed by atoms with van der Waals surface area (Å²) < 4.78 is 0. The van der Waals surface area contributed by atoms with Crippen molar-refractivity contribution in [2.24, 2.45) is 0 Å². The first-order chi connectivity index (χ1) is 7.33. The number of nitrogens with zero attached hydrogens (tertiary/aromatic N) is 1. The molecule has 0 aromatic rings. The summed E-state index contributed by atoms with van der Waals surface area (Å²) in [5, 5.41) is 13.2. The van der Waals surface area contributed by atoms with Crippen LogP contribution in [0.1, 0.15) is 39.0 Å². The molecule has 1 heterocycles. The Morgan fingerprint density at radius 2 is 1.93 bits per heavy atom. The molecule has 1 saturated carbocycles. The van der Waals surface area contributed by atoms with Gasteiger partial charge >= 0.3 is 0 Å². The van der Waals surface area contributed by atoms with E-state index in [0.29, 0.717) is 6.04 Å². The third-order valence-corrected chi connectivity index (χ3v) is 3.99. The van der Waals surface area contributed by atoms with E-state index in [-0.39, 0.29) is 6.10 Å². The van der Waals surface area contributed by atoms with Crippen molar-refractivity contribution in [3.63, 3.8) is 0 Å². The van der Waals surface area contributed by atoms with Crippen LogP contribution in [0.5, 0.6) is 0 Å². The predicted octanol–water partition coefficient (Wildman–Crippen LogP) is 0.974. The molecule has 0 bridgehead atoms. The molecule has 0 aromatic heterocycles. The first kappa shape index (κ1) is 11.4. The summed E-state index contributed by atoms with van der Waals surface area (Å²) in [6, 6.07) is 1.08. The molecular weight excluding hydrogens is 188 g/mol. The van der Waals surface area contributed by atoms with Crippen LogP contribution in [0.15, 0.2) is 0 Å². The number of hydrogen-bond acceptors (Lipinski definition) is 3. The number of nitrogens with one attached hydrogen (secondary N) is 1. The fourth-order valence-electron chi connectivity index (χ4n) is 3.17. The lowest BCUT2D eigenvalue weighted by molar-refractivity contribution is 0.0447. The van der Waals surface area contributed by atoms with E-state index >= 15 is 0 Å². The number of hydrogen-bond donors (Lipinski definition) is 2. The lowest BCUT2D eigenvalue weighted by atomic mass is 9.92. The van der Waals surface area contributed by atoms with E-state index in [4.69, 9.17) is 0 Å². The third-order valence-electron chi connectivity index (χ3n) is 3.99. The van der Waals surface area contributed by atoms with Crippen LogP contribution in [0, 0.1) is 0 Å². The van der Waals surface area contributed by atoms with Crippen LogP contribution in [0.3, 0.4) is 0 Å². The molecule has 3 heteroatoms. The van der Waals surface area contributed by atoms with Crippen LogP contribution in [0.25, 0.3) is 0 Å². The molecule has 2 rings (SSSR count). The maximum atomic E-state index is 9.92. The fraction of sp³-hybridized carbons (Fsp3) is 1.00. The largest absolute Gasteiger partial charge is 0.390 e. The fourth-order valence-corrected chi connectivity index (χ4v) is 3.17. The van der Waals surface area contributed by atoms with Crippen LogP contribution < -0.4 is 5.32 Å². The Morgan fingerprint density at radius 3 is 2.47 bits per heavy atom. The van der Waals surface area contributed by atoms with Gasteiger partial charge in [0.25, 0.3) is 0 Å². The minimum atomic E-state index is -0.160. The smallest absolute Gasteiger partial charge is 0.0831 e. The summed E-state index contributed by atoms with van der Waals surface area (Å²) in [4.78, 5) is 2.53. The summed E-state index contributed by atoms with van der Waals surface area (Å²) >= 11 is 0. The quantitative estimate of drug-likeness (QED) is 0.732. The lowest BCUT2D eigenvalue weighted by Crippen LogP contribution is -2.49. The van der Waals surface area contributed by atoms with E-state index in [1.807, 2.05) is 0 Å². The van der Waals surface area contributed by atoms with Gasteiger partial charge in [-0.15, -0.1) is 0 Å². The molecule has 0 spiro atoms. The highest BCUT2D eigenvalue weighted by Crippen LogP contribution is 2.25. The van der Waals surface area contributed by atoms with Gasteiger partial charge < -0.3 is 10.4 Å². The van der Waals surface area contributed by atoms with E-state index in [2.05, 4.69) is 17.1 Å². The number of rotatable bonds is 3. The van der Waals surface area contributed by atoms with Crippen LogP contribution in [0.4, 0.5) is 0 Å². The Labute approximate surface area is 92.8 Å². The van der Waals surface area contributed by atoms with Gasteiger partial charge in [0.05, 0.1) is 6.10 Å². The molecule has 15 heavy (non-hydrogen) atoms. The van der Waals surface area contributed by atoms with E-state index in [0.717, 1.165) is 25.7 Å². The molecule has 3 nitrogen and oxygen atoms in total. The minimum Gasteiger partial charge on any atom is -0.390 e. The third kappa shape index (κ3) is 2.52. The Bertz CT molecular complexity index is 192. The second-order valence-electron chi connectivity index (χ2n) is 4.92. The van der Waals surface area contributed by atoms with E-state index in [1.165, 1.54) is 32.1 Å².